The number of likely N-dealkylation sites (N-methyl/N-ethyl adjacent to an activating group) is 1. The lowest BCUT2D eigenvalue weighted by molar-refractivity contribution is -0.138. The van der Waals surface area contributed by atoms with Crippen molar-refractivity contribution in [3.63, 3.8) is 0 Å². The number of ether oxygens (including phenoxy) is 1. The van der Waals surface area contributed by atoms with E-state index < -0.39 is 9.84 Å². The van der Waals surface area contributed by atoms with Crippen LogP contribution in [0.25, 0.3) is 0 Å². The number of para-hydroxylation sites is 1. The summed E-state index contributed by atoms with van der Waals surface area (Å²) in [5, 5.41) is 0. The molecule has 3 heterocycles. The molecule has 1 amide bonds. The van der Waals surface area contributed by atoms with E-state index in [0.29, 0.717) is 39.3 Å². The minimum absolute atomic E-state index is 0.0181. The summed E-state index contributed by atoms with van der Waals surface area (Å²) in [6, 6.07) is 7.60. The molecule has 0 aliphatic carbocycles. The minimum atomic E-state index is -3.08. The molecule has 0 N–H and O–H groups in total. The van der Waals surface area contributed by atoms with Crippen molar-refractivity contribution in [3.8, 4) is 5.75 Å². The fourth-order valence-corrected chi connectivity index (χ4v) is 6.29. The van der Waals surface area contributed by atoms with Crippen molar-refractivity contribution in [2.45, 2.75) is 18.6 Å². The zero-order valence-electron chi connectivity index (χ0n) is 15.0. The molecule has 26 heavy (non-hydrogen) atoms. The Morgan fingerprint density at radius 2 is 1.92 bits per heavy atom. The van der Waals surface area contributed by atoms with Crippen molar-refractivity contribution in [1.82, 2.24) is 14.7 Å². The molecule has 0 unspecified atom stereocenters. The summed E-state index contributed by atoms with van der Waals surface area (Å²) in [6.45, 7) is 3.50. The van der Waals surface area contributed by atoms with Crippen molar-refractivity contribution in [2.24, 2.45) is 0 Å². The molecule has 2 atom stereocenters. The Balaban J connectivity index is 1.46. The van der Waals surface area contributed by atoms with Crippen LogP contribution in [-0.4, -0.2) is 92.4 Å². The fraction of sp³-hybridized carbons (Fsp3) is 0.611. The number of hydrogen-bond donors (Lipinski definition) is 0. The zero-order valence-corrected chi connectivity index (χ0v) is 15.8. The highest BCUT2D eigenvalue weighted by molar-refractivity contribution is 7.91. The number of nitrogens with zero attached hydrogens (tertiary/aromatic N) is 3. The zero-order chi connectivity index (χ0) is 18.3. The van der Waals surface area contributed by atoms with Gasteiger partial charge in [0.1, 0.15) is 12.4 Å². The van der Waals surface area contributed by atoms with Gasteiger partial charge in [-0.1, -0.05) is 18.2 Å². The van der Waals surface area contributed by atoms with E-state index in [-0.39, 0.29) is 29.5 Å². The number of piperazine rings is 1. The Kier molecular flexibility index (Phi) is 4.66. The summed E-state index contributed by atoms with van der Waals surface area (Å²) in [4.78, 5) is 18.9. The maximum atomic E-state index is 13.0. The van der Waals surface area contributed by atoms with Gasteiger partial charge in [0.2, 0.25) is 5.91 Å². The van der Waals surface area contributed by atoms with Crippen LogP contribution in [-0.2, 0) is 21.2 Å². The van der Waals surface area contributed by atoms with E-state index in [2.05, 4.69) is 9.80 Å². The van der Waals surface area contributed by atoms with Crippen LogP contribution < -0.4 is 4.74 Å². The molecule has 0 aromatic heterocycles. The summed E-state index contributed by atoms with van der Waals surface area (Å²) in [5.74, 6) is 1.14. The molecule has 3 aliphatic heterocycles. The van der Waals surface area contributed by atoms with Gasteiger partial charge in [0.25, 0.3) is 0 Å². The average Bonchev–Trinajstić information content (AvgIpc) is 2.79. The van der Waals surface area contributed by atoms with Crippen LogP contribution in [0.3, 0.4) is 0 Å². The monoisotopic (exact) mass is 379 g/mol. The van der Waals surface area contributed by atoms with E-state index in [4.69, 9.17) is 4.74 Å². The number of amides is 1. The molecule has 0 radical (unpaired) electrons. The SMILES string of the molecule is CN1CCN(C(=O)CN2CCOc3ccccc3C2)[C@@H]2CS(=O)(=O)C[C@@H]21. The highest BCUT2D eigenvalue weighted by Gasteiger charge is 2.46. The lowest BCUT2D eigenvalue weighted by atomic mass is 10.1. The molecule has 3 aliphatic rings. The van der Waals surface area contributed by atoms with Gasteiger partial charge >= 0.3 is 0 Å². The van der Waals surface area contributed by atoms with Gasteiger partial charge in [-0.2, -0.15) is 0 Å². The van der Waals surface area contributed by atoms with Crippen molar-refractivity contribution >= 4 is 15.7 Å². The van der Waals surface area contributed by atoms with Crippen LogP contribution in [0, 0.1) is 0 Å². The standard InChI is InChI=1S/C18H25N3O4S/c1-19-6-7-21(16-13-26(23,24)12-15(16)19)18(22)11-20-8-9-25-17-5-3-2-4-14(17)10-20/h2-5,15-16H,6-13H2,1H3/t15-,16+/m0/s1. The maximum Gasteiger partial charge on any atom is 0.237 e. The summed E-state index contributed by atoms with van der Waals surface area (Å²) >= 11 is 0. The first-order valence-corrected chi connectivity index (χ1v) is 10.9. The van der Waals surface area contributed by atoms with Crippen LogP contribution in [0.5, 0.6) is 5.75 Å². The second kappa shape index (κ2) is 6.83. The molecule has 2 saturated heterocycles. The van der Waals surface area contributed by atoms with Gasteiger partial charge < -0.3 is 9.64 Å². The predicted molar refractivity (Wildman–Crippen MR) is 97.8 cm³/mol. The summed E-state index contributed by atoms with van der Waals surface area (Å²) in [7, 11) is -1.13. The highest BCUT2D eigenvalue weighted by atomic mass is 32.2. The van der Waals surface area contributed by atoms with Gasteiger partial charge in [-0.15, -0.1) is 0 Å². The molecule has 4 rings (SSSR count). The normalized spacial score (nSPS) is 28.7. The van der Waals surface area contributed by atoms with E-state index in [1.165, 1.54) is 0 Å². The van der Waals surface area contributed by atoms with E-state index in [1.54, 1.807) is 4.90 Å². The number of hydrogen-bond acceptors (Lipinski definition) is 6. The molecule has 142 valence electrons. The number of rotatable bonds is 2. The molecule has 0 saturated carbocycles. The number of fused-ring (bicyclic) bond motifs is 2. The van der Waals surface area contributed by atoms with E-state index in [0.717, 1.165) is 11.3 Å². The first-order chi connectivity index (χ1) is 12.4. The number of benzene rings is 1. The van der Waals surface area contributed by atoms with E-state index in [1.807, 2.05) is 31.3 Å². The first-order valence-electron chi connectivity index (χ1n) is 9.06. The number of sulfone groups is 1. The lowest BCUT2D eigenvalue weighted by Gasteiger charge is -2.42. The lowest BCUT2D eigenvalue weighted by Crippen LogP contribution is -2.60. The Labute approximate surface area is 154 Å². The summed E-state index contributed by atoms with van der Waals surface area (Å²) < 4.78 is 29.9. The molecule has 2 fully saturated rings. The van der Waals surface area contributed by atoms with Crippen LogP contribution >= 0.6 is 0 Å². The third kappa shape index (κ3) is 3.45. The third-order valence-electron chi connectivity index (χ3n) is 5.66. The molecule has 8 heteroatoms. The van der Waals surface area contributed by atoms with Gasteiger partial charge in [0, 0.05) is 37.8 Å². The minimum Gasteiger partial charge on any atom is -0.492 e. The van der Waals surface area contributed by atoms with E-state index in [9.17, 15) is 13.2 Å². The smallest absolute Gasteiger partial charge is 0.237 e. The van der Waals surface area contributed by atoms with Crippen LogP contribution in [0.1, 0.15) is 5.56 Å². The molecule has 1 aromatic rings. The molecule has 1 aromatic carbocycles. The second-order valence-electron chi connectivity index (χ2n) is 7.45. The van der Waals surface area contributed by atoms with Gasteiger partial charge in [-0.05, 0) is 13.1 Å². The van der Waals surface area contributed by atoms with Crippen LogP contribution in [0.15, 0.2) is 24.3 Å². The Hall–Kier alpha value is -1.64. The van der Waals surface area contributed by atoms with Gasteiger partial charge in [0.15, 0.2) is 9.84 Å². The van der Waals surface area contributed by atoms with Gasteiger partial charge in [0.05, 0.1) is 24.1 Å². The van der Waals surface area contributed by atoms with Gasteiger partial charge in [-0.3, -0.25) is 14.6 Å². The summed E-state index contributed by atoms with van der Waals surface area (Å²) in [5.41, 5.74) is 1.08. The third-order valence-corrected chi connectivity index (χ3v) is 7.36. The second-order valence-corrected chi connectivity index (χ2v) is 9.60. The first kappa shape index (κ1) is 17.8. The fourth-order valence-electron chi connectivity index (χ4n) is 4.23. The van der Waals surface area contributed by atoms with Crippen LogP contribution in [0.4, 0.5) is 0 Å². The topological polar surface area (TPSA) is 70.2 Å². The van der Waals surface area contributed by atoms with Gasteiger partial charge in [-0.25, -0.2) is 8.42 Å². The highest BCUT2D eigenvalue weighted by Crippen LogP contribution is 2.27. The molecule has 7 nitrogen and oxygen atoms in total. The Morgan fingerprint density at radius 3 is 2.77 bits per heavy atom. The molecular weight excluding hydrogens is 354 g/mol. The van der Waals surface area contributed by atoms with Crippen LogP contribution in [0.2, 0.25) is 0 Å². The predicted octanol–water partition coefficient (Wildman–Crippen LogP) is -0.179. The maximum absolute atomic E-state index is 13.0. The van der Waals surface area contributed by atoms with Crippen molar-refractivity contribution in [3.05, 3.63) is 29.8 Å². The van der Waals surface area contributed by atoms with E-state index >= 15 is 0 Å². The van der Waals surface area contributed by atoms with Crippen molar-refractivity contribution in [2.75, 3.05) is 51.3 Å². The average molecular weight is 379 g/mol. The Bertz CT molecular complexity index is 797. The molecule has 0 spiro atoms. The largest absolute Gasteiger partial charge is 0.492 e. The molecular formula is C18H25N3O4S. The van der Waals surface area contributed by atoms with Crippen molar-refractivity contribution < 1.29 is 17.9 Å². The Morgan fingerprint density at radius 1 is 1.15 bits per heavy atom. The quantitative estimate of drug-likeness (QED) is 0.710. The molecule has 0 bridgehead atoms. The number of carbonyl (C=O) groups is 1. The summed E-state index contributed by atoms with van der Waals surface area (Å²) in [6.07, 6.45) is 0. The number of carbonyl (C=O) groups excluding carboxylic acids is 1. The van der Waals surface area contributed by atoms with Crippen molar-refractivity contribution in [1.29, 1.82) is 0 Å².